The van der Waals surface area contributed by atoms with Crippen molar-refractivity contribution in [1.82, 2.24) is 0 Å². The Labute approximate surface area is 214 Å². The van der Waals surface area contributed by atoms with Crippen molar-refractivity contribution in [3.05, 3.63) is 46.6 Å². The molecule has 190 valence electrons. The quantitative estimate of drug-likeness (QED) is 0.349. The molecule has 1 aromatic rings. The standard InChI is InChI=1S/C16H20N2O2.C12H14N2O2/c1-15(2,3)11-7-14(20-10-18)12(16(4,5)6)8-13(11)19-9-17;1-9-10(2)12(4,16-8-14)6-5-11(9,3)15-7-13/h7-8H,1-6H3;5-6H,1-4H3. The van der Waals surface area contributed by atoms with E-state index in [0.29, 0.717) is 11.5 Å². The molecule has 0 spiro atoms. The number of hydrogen-bond donors (Lipinski definition) is 0. The second-order valence-corrected chi connectivity index (χ2v) is 10.9. The van der Waals surface area contributed by atoms with Gasteiger partial charge in [0.2, 0.25) is 0 Å². The summed E-state index contributed by atoms with van der Waals surface area (Å²) in [5.41, 5.74) is 1.50. The minimum Gasteiger partial charge on any atom is -0.412 e. The van der Waals surface area contributed by atoms with Crippen LogP contribution in [0, 0.1) is 46.1 Å². The minimum absolute atomic E-state index is 0.226. The molecule has 0 aliphatic heterocycles. The van der Waals surface area contributed by atoms with Crippen molar-refractivity contribution >= 4 is 0 Å². The molecule has 0 bridgehead atoms. The summed E-state index contributed by atoms with van der Waals surface area (Å²) in [5, 5.41) is 34.9. The fourth-order valence-corrected chi connectivity index (χ4v) is 3.72. The topological polar surface area (TPSA) is 132 Å². The van der Waals surface area contributed by atoms with E-state index in [1.54, 1.807) is 63.2 Å². The maximum absolute atomic E-state index is 8.82. The Morgan fingerprint density at radius 3 is 1.14 bits per heavy atom. The summed E-state index contributed by atoms with van der Waals surface area (Å²) < 4.78 is 20.3. The summed E-state index contributed by atoms with van der Waals surface area (Å²) >= 11 is 0. The first-order chi connectivity index (χ1) is 16.5. The highest BCUT2D eigenvalue weighted by atomic mass is 16.5. The Kier molecular flexibility index (Phi) is 9.19. The number of benzene rings is 1. The average molecular weight is 491 g/mol. The third-order valence-electron chi connectivity index (χ3n) is 6.30. The third-order valence-corrected chi connectivity index (χ3v) is 6.30. The molecule has 0 radical (unpaired) electrons. The monoisotopic (exact) mass is 490 g/mol. The highest BCUT2D eigenvalue weighted by molar-refractivity contribution is 5.52. The van der Waals surface area contributed by atoms with Gasteiger partial charge >= 0.3 is 0 Å². The van der Waals surface area contributed by atoms with E-state index in [4.69, 9.17) is 40.0 Å². The highest BCUT2D eigenvalue weighted by Gasteiger charge is 2.39. The van der Waals surface area contributed by atoms with E-state index in [2.05, 4.69) is 0 Å². The lowest BCUT2D eigenvalue weighted by Crippen LogP contribution is -2.38. The fourth-order valence-electron chi connectivity index (χ4n) is 3.72. The van der Waals surface area contributed by atoms with E-state index in [9.17, 15) is 0 Å². The van der Waals surface area contributed by atoms with Crippen LogP contribution in [-0.2, 0) is 20.3 Å². The van der Waals surface area contributed by atoms with Crippen molar-refractivity contribution in [3.63, 3.8) is 0 Å². The molecule has 1 aromatic carbocycles. The van der Waals surface area contributed by atoms with Gasteiger partial charge in [0.15, 0.2) is 11.2 Å². The molecule has 0 saturated heterocycles. The van der Waals surface area contributed by atoms with E-state index in [1.807, 2.05) is 55.4 Å². The lowest BCUT2D eigenvalue weighted by Gasteiger charge is -2.36. The molecule has 0 N–H and O–H groups in total. The second-order valence-electron chi connectivity index (χ2n) is 10.9. The number of nitrogens with zero attached hydrogens (tertiary/aromatic N) is 4. The molecule has 1 aliphatic rings. The highest BCUT2D eigenvalue weighted by Crippen LogP contribution is 2.41. The van der Waals surface area contributed by atoms with E-state index >= 15 is 0 Å². The molecule has 2 atom stereocenters. The Bertz CT molecular complexity index is 1110. The van der Waals surface area contributed by atoms with Gasteiger partial charge < -0.3 is 18.9 Å². The van der Waals surface area contributed by atoms with E-state index in [1.165, 1.54) is 0 Å². The van der Waals surface area contributed by atoms with Crippen LogP contribution >= 0.6 is 0 Å². The van der Waals surface area contributed by atoms with Crippen molar-refractivity contribution in [2.75, 3.05) is 0 Å². The molecule has 0 aromatic heterocycles. The summed E-state index contributed by atoms with van der Waals surface area (Å²) in [6.45, 7) is 19.4. The molecule has 2 rings (SSSR count). The molecule has 8 heteroatoms. The normalized spacial score (nSPS) is 20.9. The summed E-state index contributed by atoms with van der Waals surface area (Å²) in [6, 6.07) is 3.58. The zero-order valence-corrected chi connectivity index (χ0v) is 22.7. The molecule has 0 heterocycles. The summed E-state index contributed by atoms with van der Waals surface area (Å²) in [4.78, 5) is 0. The van der Waals surface area contributed by atoms with Gasteiger partial charge in [0, 0.05) is 11.1 Å². The Hall–Kier alpha value is -4.14. The predicted molar refractivity (Wildman–Crippen MR) is 134 cm³/mol. The van der Waals surface area contributed by atoms with Crippen molar-refractivity contribution in [1.29, 1.82) is 21.0 Å². The minimum atomic E-state index is -0.739. The van der Waals surface area contributed by atoms with Crippen molar-refractivity contribution in [2.45, 2.75) is 91.3 Å². The van der Waals surface area contributed by atoms with Crippen LogP contribution in [0.2, 0.25) is 0 Å². The molecule has 1 aliphatic carbocycles. The van der Waals surface area contributed by atoms with Gasteiger partial charge in [-0.1, -0.05) is 41.5 Å². The van der Waals surface area contributed by atoms with Gasteiger partial charge in [-0.25, -0.2) is 0 Å². The van der Waals surface area contributed by atoms with Gasteiger partial charge in [-0.3, -0.25) is 0 Å². The smallest absolute Gasteiger partial charge is 0.292 e. The van der Waals surface area contributed by atoms with Crippen LogP contribution in [0.4, 0.5) is 0 Å². The summed E-state index contributed by atoms with van der Waals surface area (Å²) in [6.07, 6.45) is 10.3. The number of rotatable bonds is 4. The van der Waals surface area contributed by atoms with Crippen LogP contribution in [0.25, 0.3) is 0 Å². The average Bonchev–Trinajstić information content (AvgIpc) is 2.76. The van der Waals surface area contributed by atoms with Crippen molar-refractivity contribution < 1.29 is 18.9 Å². The first-order valence-corrected chi connectivity index (χ1v) is 11.3. The zero-order chi connectivity index (χ0) is 27.9. The molecular weight excluding hydrogens is 456 g/mol. The Morgan fingerprint density at radius 2 is 0.917 bits per heavy atom. The van der Waals surface area contributed by atoms with Crippen LogP contribution in [-0.4, -0.2) is 11.2 Å². The molecule has 0 fully saturated rings. The van der Waals surface area contributed by atoms with E-state index < -0.39 is 11.2 Å². The molecular formula is C28H34N4O4. The molecule has 2 unspecified atom stereocenters. The van der Waals surface area contributed by atoms with Crippen LogP contribution in [0.1, 0.15) is 80.4 Å². The lowest BCUT2D eigenvalue weighted by molar-refractivity contribution is 0.0987. The second kappa shape index (κ2) is 11.1. The van der Waals surface area contributed by atoms with Crippen LogP contribution in [0.15, 0.2) is 35.4 Å². The van der Waals surface area contributed by atoms with Crippen LogP contribution < -0.4 is 9.47 Å². The SMILES string of the molecule is CC(C)(C)c1cc(OC#N)c(C(C)(C)C)cc1OC#N.CC1=C(C)C(C)(OC#N)C=CC1(C)OC#N. The van der Waals surface area contributed by atoms with Gasteiger partial charge in [-0.05, 0) is 74.0 Å². The zero-order valence-electron chi connectivity index (χ0n) is 22.7. The van der Waals surface area contributed by atoms with E-state index in [-0.39, 0.29) is 10.8 Å². The van der Waals surface area contributed by atoms with Crippen molar-refractivity contribution in [3.8, 4) is 36.5 Å². The number of nitriles is 4. The Balaban J connectivity index is 0.000000369. The third kappa shape index (κ3) is 6.71. The van der Waals surface area contributed by atoms with Gasteiger partial charge in [0.25, 0.3) is 25.0 Å². The van der Waals surface area contributed by atoms with Crippen molar-refractivity contribution in [2.24, 2.45) is 0 Å². The summed E-state index contributed by atoms with van der Waals surface area (Å²) in [7, 11) is 0. The predicted octanol–water partition coefficient (Wildman–Crippen LogP) is 6.41. The molecule has 8 nitrogen and oxygen atoms in total. The van der Waals surface area contributed by atoms with E-state index in [0.717, 1.165) is 22.3 Å². The van der Waals surface area contributed by atoms with Crippen LogP contribution in [0.5, 0.6) is 11.5 Å². The van der Waals surface area contributed by atoms with Gasteiger partial charge in [-0.15, -0.1) is 10.5 Å². The molecule has 36 heavy (non-hydrogen) atoms. The number of ether oxygens (including phenoxy) is 4. The van der Waals surface area contributed by atoms with Gasteiger partial charge in [-0.2, -0.15) is 10.5 Å². The largest absolute Gasteiger partial charge is 0.412 e. The molecule has 0 saturated carbocycles. The lowest BCUT2D eigenvalue weighted by atomic mass is 9.79. The Morgan fingerprint density at radius 1 is 0.611 bits per heavy atom. The number of hydrogen-bond acceptors (Lipinski definition) is 8. The maximum atomic E-state index is 8.82. The van der Waals surface area contributed by atoms with Gasteiger partial charge in [0.05, 0.1) is 0 Å². The first kappa shape index (κ1) is 29.9. The summed E-state index contributed by atoms with van der Waals surface area (Å²) in [5.74, 6) is 1.02. The fraction of sp³-hybridized carbons (Fsp3) is 0.500. The maximum Gasteiger partial charge on any atom is 0.292 e. The first-order valence-electron chi connectivity index (χ1n) is 11.3. The van der Waals surface area contributed by atoms with Gasteiger partial charge in [0.1, 0.15) is 11.5 Å². The van der Waals surface area contributed by atoms with Crippen LogP contribution in [0.3, 0.4) is 0 Å². The molecule has 0 amide bonds.